The van der Waals surface area contributed by atoms with Crippen molar-refractivity contribution in [1.29, 1.82) is 0 Å². The molecule has 0 aliphatic heterocycles. The van der Waals surface area contributed by atoms with E-state index < -0.39 is 0 Å². The molecule has 1 aromatic heterocycles. The van der Waals surface area contributed by atoms with Crippen LogP contribution in [0.4, 0.5) is 27.9 Å². The zero-order valence-corrected chi connectivity index (χ0v) is 14.8. The van der Waals surface area contributed by atoms with Crippen molar-refractivity contribution in [1.82, 2.24) is 15.0 Å². The van der Waals surface area contributed by atoms with Crippen molar-refractivity contribution in [2.24, 2.45) is 5.10 Å². The lowest BCUT2D eigenvalue weighted by atomic mass is 10.2. The number of hydrazone groups is 1. The maximum absolute atomic E-state index is 13.0. The molecule has 0 atom stereocenters. The number of nitrogens with zero attached hydrogens (tertiary/aromatic N) is 5. The highest BCUT2D eigenvalue weighted by molar-refractivity contribution is 5.80. The Balaban J connectivity index is 1.78. The number of hydrogen-bond donors (Lipinski definition) is 3. The first-order valence-electron chi connectivity index (χ1n) is 8.04. The van der Waals surface area contributed by atoms with Gasteiger partial charge in [0.05, 0.1) is 6.21 Å². The van der Waals surface area contributed by atoms with Crippen molar-refractivity contribution in [2.45, 2.75) is 0 Å². The number of phenols is 1. The minimum atomic E-state index is -0.323. The van der Waals surface area contributed by atoms with Gasteiger partial charge in [-0.05, 0) is 54.1 Å². The first-order valence-corrected chi connectivity index (χ1v) is 8.04. The number of benzene rings is 2. The number of aromatic hydroxyl groups is 1. The summed E-state index contributed by atoms with van der Waals surface area (Å²) >= 11 is 0. The number of rotatable bonds is 6. The van der Waals surface area contributed by atoms with E-state index in [0.29, 0.717) is 17.6 Å². The van der Waals surface area contributed by atoms with Crippen molar-refractivity contribution in [3.8, 4) is 5.75 Å². The molecule has 0 aliphatic rings. The molecule has 0 amide bonds. The fraction of sp³-hybridized carbons (Fsp3) is 0.111. The van der Waals surface area contributed by atoms with Gasteiger partial charge in [0.25, 0.3) is 0 Å². The van der Waals surface area contributed by atoms with Crippen LogP contribution in [0.15, 0.2) is 53.6 Å². The van der Waals surface area contributed by atoms with Crippen LogP contribution in [0.1, 0.15) is 5.56 Å². The van der Waals surface area contributed by atoms with Gasteiger partial charge in [0.2, 0.25) is 17.8 Å². The maximum atomic E-state index is 13.0. The zero-order valence-electron chi connectivity index (χ0n) is 14.8. The highest BCUT2D eigenvalue weighted by Gasteiger charge is 2.08. The van der Waals surface area contributed by atoms with Crippen molar-refractivity contribution >= 4 is 29.7 Å². The van der Waals surface area contributed by atoms with Gasteiger partial charge < -0.3 is 15.3 Å². The van der Waals surface area contributed by atoms with Gasteiger partial charge in [-0.25, -0.2) is 9.82 Å². The Morgan fingerprint density at radius 1 is 0.963 bits per heavy atom. The van der Waals surface area contributed by atoms with Crippen molar-refractivity contribution in [3.05, 3.63) is 59.9 Å². The van der Waals surface area contributed by atoms with Crippen LogP contribution < -0.4 is 15.6 Å². The number of anilines is 4. The summed E-state index contributed by atoms with van der Waals surface area (Å²) < 4.78 is 13.0. The van der Waals surface area contributed by atoms with E-state index in [2.05, 4.69) is 30.8 Å². The molecule has 0 aliphatic carbocycles. The Morgan fingerprint density at radius 3 is 2.30 bits per heavy atom. The van der Waals surface area contributed by atoms with Crippen LogP contribution in [0.25, 0.3) is 0 Å². The summed E-state index contributed by atoms with van der Waals surface area (Å²) in [7, 11) is 3.61. The second kappa shape index (κ2) is 8.09. The van der Waals surface area contributed by atoms with E-state index in [0.717, 1.165) is 5.56 Å². The fourth-order valence-corrected chi connectivity index (χ4v) is 2.06. The topological polar surface area (TPSA) is 98.6 Å². The Kier molecular flexibility index (Phi) is 5.41. The highest BCUT2D eigenvalue weighted by atomic mass is 19.1. The largest absolute Gasteiger partial charge is 0.508 e. The molecule has 8 nitrogen and oxygen atoms in total. The van der Waals surface area contributed by atoms with Gasteiger partial charge in [-0.1, -0.05) is 0 Å². The number of aromatic nitrogens is 3. The minimum Gasteiger partial charge on any atom is -0.508 e. The minimum absolute atomic E-state index is 0.185. The molecule has 1 heterocycles. The Hall–Kier alpha value is -3.75. The SMILES string of the molecule is CN(C)c1nc(N/N=C/c2ccc(O)cc2)nc(Nc2ccc(F)cc2)n1. The molecular formula is C18H18FN7O. The predicted molar refractivity (Wildman–Crippen MR) is 103 cm³/mol. The number of nitrogens with one attached hydrogen (secondary N) is 2. The summed E-state index contributed by atoms with van der Waals surface area (Å²) in [6.45, 7) is 0. The molecule has 3 rings (SSSR count). The van der Waals surface area contributed by atoms with E-state index in [1.165, 1.54) is 12.1 Å². The predicted octanol–water partition coefficient (Wildman–Crippen LogP) is 2.97. The molecule has 0 fully saturated rings. The van der Waals surface area contributed by atoms with Crippen molar-refractivity contribution < 1.29 is 9.50 Å². The van der Waals surface area contributed by atoms with Crippen molar-refractivity contribution in [2.75, 3.05) is 29.7 Å². The molecule has 2 aromatic carbocycles. The van der Waals surface area contributed by atoms with E-state index in [-0.39, 0.29) is 17.5 Å². The van der Waals surface area contributed by atoms with Gasteiger partial charge >= 0.3 is 0 Å². The lowest BCUT2D eigenvalue weighted by molar-refractivity contribution is 0.475. The molecule has 27 heavy (non-hydrogen) atoms. The van der Waals surface area contributed by atoms with Crippen LogP contribution in [0.2, 0.25) is 0 Å². The van der Waals surface area contributed by atoms with Crippen LogP contribution in [0, 0.1) is 5.82 Å². The summed E-state index contributed by atoms with van der Waals surface area (Å²) in [5, 5.41) is 16.4. The Labute approximate surface area is 155 Å². The second-order valence-electron chi connectivity index (χ2n) is 5.77. The summed E-state index contributed by atoms with van der Waals surface area (Å²) in [4.78, 5) is 14.6. The van der Waals surface area contributed by atoms with E-state index in [4.69, 9.17) is 0 Å². The van der Waals surface area contributed by atoms with E-state index in [9.17, 15) is 9.50 Å². The molecule has 0 saturated heterocycles. The fourth-order valence-electron chi connectivity index (χ4n) is 2.06. The Morgan fingerprint density at radius 2 is 1.63 bits per heavy atom. The van der Waals surface area contributed by atoms with Gasteiger partial charge in [0, 0.05) is 19.8 Å². The molecule has 9 heteroatoms. The van der Waals surface area contributed by atoms with Gasteiger partial charge in [0.1, 0.15) is 11.6 Å². The lowest BCUT2D eigenvalue weighted by Gasteiger charge is -2.13. The standard InChI is InChI=1S/C18H18FN7O/c1-26(2)18-23-16(21-14-7-5-13(19)6-8-14)22-17(24-18)25-20-11-12-3-9-15(27)10-4-12/h3-11,27H,1-2H3,(H2,21,22,23,24,25)/b20-11+. The second-order valence-corrected chi connectivity index (χ2v) is 5.77. The van der Waals surface area contributed by atoms with Gasteiger partial charge in [-0.3, -0.25) is 0 Å². The molecule has 3 aromatic rings. The molecule has 0 spiro atoms. The third kappa shape index (κ3) is 5.11. The molecule has 0 radical (unpaired) electrons. The number of phenolic OH excluding ortho intramolecular Hbond substituents is 1. The number of halogens is 1. The monoisotopic (exact) mass is 367 g/mol. The third-order valence-corrected chi connectivity index (χ3v) is 3.40. The van der Waals surface area contributed by atoms with E-state index in [1.807, 2.05) is 0 Å². The Bertz CT molecular complexity index is 927. The average molecular weight is 367 g/mol. The highest BCUT2D eigenvalue weighted by Crippen LogP contribution is 2.17. The first-order chi connectivity index (χ1) is 13.0. The van der Waals surface area contributed by atoms with Crippen LogP contribution in [0.3, 0.4) is 0 Å². The normalized spacial score (nSPS) is 10.8. The molecule has 0 saturated carbocycles. The smallest absolute Gasteiger partial charge is 0.250 e. The quantitative estimate of drug-likeness (QED) is 0.455. The van der Waals surface area contributed by atoms with Crippen LogP contribution in [0.5, 0.6) is 5.75 Å². The average Bonchev–Trinajstić information content (AvgIpc) is 2.65. The summed E-state index contributed by atoms with van der Waals surface area (Å²) in [5.41, 5.74) is 4.20. The first kappa shape index (κ1) is 18.1. The molecule has 3 N–H and O–H groups in total. The lowest BCUT2D eigenvalue weighted by Crippen LogP contribution is -2.15. The zero-order chi connectivity index (χ0) is 19.2. The van der Waals surface area contributed by atoms with E-state index >= 15 is 0 Å². The van der Waals surface area contributed by atoms with Crippen LogP contribution in [-0.2, 0) is 0 Å². The summed E-state index contributed by atoms with van der Waals surface area (Å²) in [6, 6.07) is 12.4. The van der Waals surface area contributed by atoms with Crippen LogP contribution in [-0.4, -0.2) is 40.4 Å². The number of hydrogen-bond acceptors (Lipinski definition) is 8. The van der Waals surface area contributed by atoms with Crippen LogP contribution >= 0.6 is 0 Å². The maximum Gasteiger partial charge on any atom is 0.250 e. The van der Waals surface area contributed by atoms with Gasteiger partial charge in [0.15, 0.2) is 0 Å². The summed E-state index contributed by atoms with van der Waals surface area (Å²) in [6.07, 6.45) is 1.58. The summed E-state index contributed by atoms with van der Waals surface area (Å²) in [5.74, 6) is 0.828. The van der Waals surface area contributed by atoms with E-state index in [1.54, 1.807) is 61.6 Å². The molecule has 0 unspecified atom stereocenters. The third-order valence-electron chi connectivity index (χ3n) is 3.40. The molecule has 0 bridgehead atoms. The molecule has 138 valence electrons. The van der Waals surface area contributed by atoms with Crippen molar-refractivity contribution in [3.63, 3.8) is 0 Å². The van der Waals surface area contributed by atoms with Gasteiger partial charge in [-0.15, -0.1) is 0 Å². The van der Waals surface area contributed by atoms with Gasteiger partial charge in [-0.2, -0.15) is 20.1 Å². The molecular weight excluding hydrogens is 349 g/mol.